The van der Waals surface area contributed by atoms with Crippen molar-refractivity contribution in [1.29, 1.82) is 0 Å². The Morgan fingerprint density at radius 3 is 2.44 bits per heavy atom. The molecule has 25 heavy (non-hydrogen) atoms. The SMILES string of the molecule is CC[C@H](CO)N1SC(Nc2ccc(Oc3ccccc3)cc2)=CC1O. The van der Waals surface area contributed by atoms with Gasteiger partial charge in [-0.05, 0) is 60.8 Å². The highest BCUT2D eigenvalue weighted by atomic mass is 32.2. The molecule has 2 atom stereocenters. The lowest BCUT2D eigenvalue weighted by Gasteiger charge is -2.26. The predicted molar refractivity (Wildman–Crippen MR) is 101 cm³/mol. The van der Waals surface area contributed by atoms with Crippen molar-refractivity contribution in [2.75, 3.05) is 11.9 Å². The zero-order valence-corrected chi connectivity index (χ0v) is 14.8. The van der Waals surface area contributed by atoms with Crippen LogP contribution in [0.25, 0.3) is 0 Å². The molecule has 5 nitrogen and oxygen atoms in total. The number of ether oxygens (including phenoxy) is 1. The molecular weight excluding hydrogens is 336 g/mol. The third-order valence-electron chi connectivity index (χ3n) is 3.91. The van der Waals surface area contributed by atoms with Crippen LogP contribution in [0.3, 0.4) is 0 Å². The van der Waals surface area contributed by atoms with Gasteiger partial charge in [0.15, 0.2) is 0 Å². The first-order valence-electron chi connectivity index (χ1n) is 8.26. The Morgan fingerprint density at radius 1 is 1.12 bits per heavy atom. The van der Waals surface area contributed by atoms with E-state index in [1.165, 1.54) is 11.9 Å². The van der Waals surface area contributed by atoms with Crippen LogP contribution in [0.5, 0.6) is 11.5 Å². The lowest BCUT2D eigenvalue weighted by molar-refractivity contribution is 0.0662. The van der Waals surface area contributed by atoms with Gasteiger partial charge < -0.3 is 20.3 Å². The number of nitrogens with zero attached hydrogens (tertiary/aromatic N) is 1. The maximum atomic E-state index is 10.1. The van der Waals surface area contributed by atoms with E-state index in [1.807, 2.05) is 61.5 Å². The highest BCUT2D eigenvalue weighted by Gasteiger charge is 2.29. The number of aliphatic hydroxyl groups is 2. The first-order valence-corrected chi connectivity index (χ1v) is 9.04. The molecule has 0 radical (unpaired) electrons. The Bertz CT molecular complexity index is 702. The van der Waals surface area contributed by atoms with Crippen LogP contribution < -0.4 is 10.1 Å². The highest BCUT2D eigenvalue weighted by molar-refractivity contribution is 8.01. The van der Waals surface area contributed by atoms with Crippen LogP contribution in [-0.2, 0) is 0 Å². The van der Waals surface area contributed by atoms with E-state index in [2.05, 4.69) is 5.32 Å². The summed E-state index contributed by atoms with van der Waals surface area (Å²) in [4.78, 5) is 0. The maximum Gasteiger partial charge on any atom is 0.138 e. The van der Waals surface area contributed by atoms with Gasteiger partial charge in [-0.1, -0.05) is 25.1 Å². The molecule has 0 saturated carbocycles. The molecule has 0 fully saturated rings. The Kier molecular flexibility index (Phi) is 5.99. The molecule has 3 rings (SSSR count). The molecule has 0 bridgehead atoms. The van der Waals surface area contributed by atoms with Crippen LogP contribution in [0.15, 0.2) is 65.7 Å². The summed E-state index contributed by atoms with van der Waals surface area (Å²) in [6.07, 6.45) is 1.81. The molecule has 6 heteroatoms. The number of aliphatic hydroxyl groups excluding tert-OH is 2. The van der Waals surface area contributed by atoms with E-state index in [1.54, 1.807) is 10.4 Å². The van der Waals surface area contributed by atoms with Crippen molar-refractivity contribution in [2.45, 2.75) is 25.6 Å². The van der Waals surface area contributed by atoms with Gasteiger partial charge in [-0.15, -0.1) is 0 Å². The summed E-state index contributed by atoms with van der Waals surface area (Å²) < 4.78 is 7.58. The molecule has 1 aliphatic heterocycles. The van der Waals surface area contributed by atoms with E-state index in [0.717, 1.165) is 28.6 Å². The summed E-state index contributed by atoms with van der Waals surface area (Å²) >= 11 is 1.42. The van der Waals surface area contributed by atoms with Crippen LogP contribution in [0.4, 0.5) is 5.69 Å². The third kappa shape index (κ3) is 4.55. The minimum absolute atomic E-state index is 0.0210. The summed E-state index contributed by atoms with van der Waals surface area (Å²) in [6, 6.07) is 17.2. The molecule has 0 spiro atoms. The number of anilines is 1. The van der Waals surface area contributed by atoms with Gasteiger partial charge in [0.25, 0.3) is 0 Å². The number of benzene rings is 2. The second-order valence-corrected chi connectivity index (χ2v) is 6.75. The van der Waals surface area contributed by atoms with Crippen molar-refractivity contribution in [2.24, 2.45) is 0 Å². The van der Waals surface area contributed by atoms with Gasteiger partial charge in [-0.2, -0.15) is 0 Å². The van der Waals surface area contributed by atoms with Crippen molar-refractivity contribution in [3.05, 3.63) is 65.7 Å². The minimum Gasteiger partial charge on any atom is -0.457 e. The second-order valence-electron chi connectivity index (χ2n) is 5.70. The fourth-order valence-electron chi connectivity index (χ4n) is 2.52. The highest BCUT2D eigenvalue weighted by Crippen LogP contribution is 2.35. The number of hydrogen-bond donors (Lipinski definition) is 3. The van der Waals surface area contributed by atoms with Crippen LogP contribution in [0.2, 0.25) is 0 Å². The zero-order chi connectivity index (χ0) is 17.6. The van der Waals surface area contributed by atoms with Crippen LogP contribution >= 0.6 is 11.9 Å². The summed E-state index contributed by atoms with van der Waals surface area (Å²) in [5, 5.41) is 23.7. The average Bonchev–Trinajstić information content (AvgIpc) is 2.99. The van der Waals surface area contributed by atoms with Gasteiger partial charge in [0, 0.05) is 11.7 Å². The van der Waals surface area contributed by atoms with E-state index < -0.39 is 6.23 Å². The Labute approximate surface area is 152 Å². The normalized spacial score (nSPS) is 18.7. The van der Waals surface area contributed by atoms with Crippen LogP contribution in [0, 0.1) is 0 Å². The molecule has 0 aliphatic carbocycles. The molecule has 2 aromatic rings. The zero-order valence-electron chi connectivity index (χ0n) is 14.0. The number of para-hydroxylation sites is 1. The molecule has 1 aliphatic rings. The minimum atomic E-state index is -0.703. The molecule has 3 N–H and O–H groups in total. The van der Waals surface area contributed by atoms with E-state index in [0.29, 0.717) is 0 Å². The predicted octanol–water partition coefficient (Wildman–Crippen LogP) is 3.79. The van der Waals surface area contributed by atoms with Gasteiger partial charge in [0.2, 0.25) is 0 Å². The standard InChI is InChI=1S/C19H22N2O3S/c1-2-15(13-22)21-19(23)12-18(25-21)20-14-8-10-17(11-9-14)24-16-6-4-3-5-7-16/h3-12,15,19-20,22-23H,2,13H2,1H3/t15-,19?/m1/s1. The summed E-state index contributed by atoms with van der Waals surface area (Å²) in [5.41, 5.74) is 0.908. The molecule has 0 amide bonds. The van der Waals surface area contributed by atoms with E-state index in [9.17, 15) is 10.2 Å². The summed E-state index contributed by atoms with van der Waals surface area (Å²) in [7, 11) is 0. The smallest absolute Gasteiger partial charge is 0.138 e. The first-order chi connectivity index (χ1) is 12.2. The van der Waals surface area contributed by atoms with Crippen LogP contribution in [0.1, 0.15) is 13.3 Å². The van der Waals surface area contributed by atoms with Gasteiger partial charge in [0.1, 0.15) is 17.7 Å². The van der Waals surface area contributed by atoms with E-state index >= 15 is 0 Å². The van der Waals surface area contributed by atoms with Gasteiger partial charge >= 0.3 is 0 Å². The van der Waals surface area contributed by atoms with Crippen LogP contribution in [-0.4, -0.2) is 33.4 Å². The van der Waals surface area contributed by atoms with Crippen molar-refractivity contribution in [3.63, 3.8) is 0 Å². The quantitative estimate of drug-likeness (QED) is 0.655. The topological polar surface area (TPSA) is 65.0 Å². The summed E-state index contributed by atoms with van der Waals surface area (Å²) in [6.45, 7) is 2.01. The molecule has 1 heterocycles. The third-order valence-corrected chi connectivity index (χ3v) is 5.07. The Morgan fingerprint density at radius 2 is 1.80 bits per heavy atom. The fourth-order valence-corrected chi connectivity index (χ4v) is 3.63. The molecule has 0 saturated heterocycles. The Hall–Kier alpha value is -1.99. The maximum absolute atomic E-state index is 10.1. The molecule has 0 aromatic heterocycles. The van der Waals surface area contributed by atoms with Gasteiger partial charge in [0.05, 0.1) is 11.6 Å². The molecular formula is C19H22N2O3S. The van der Waals surface area contributed by atoms with Crippen molar-refractivity contribution < 1.29 is 14.9 Å². The number of nitrogens with one attached hydrogen (secondary N) is 1. The largest absolute Gasteiger partial charge is 0.457 e. The number of rotatable bonds is 7. The lowest BCUT2D eigenvalue weighted by Crippen LogP contribution is -2.36. The van der Waals surface area contributed by atoms with Gasteiger partial charge in [-0.25, -0.2) is 4.31 Å². The summed E-state index contributed by atoms with van der Waals surface area (Å²) in [5.74, 6) is 1.56. The first kappa shape index (κ1) is 17.8. The number of hydrogen-bond acceptors (Lipinski definition) is 6. The average molecular weight is 358 g/mol. The molecule has 132 valence electrons. The second kappa shape index (κ2) is 8.40. The van der Waals surface area contributed by atoms with Crippen molar-refractivity contribution in [1.82, 2.24) is 4.31 Å². The Balaban J connectivity index is 1.59. The van der Waals surface area contributed by atoms with Crippen molar-refractivity contribution in [3.8, 4) is 11.5 Å². The van der Waals surface area contributed by atoms with E-state index in [-0.39, 0.29) is 12.6 Å². The monoisotopic (exact) mass is 358 g/mol. The van der Waals surface area contributed by atoms with Crippen molar-refractivity contribution >= 4 is 17.6 Å². The fraction of sp³-hybridized carbons (Fsp3) is 0.263. The molecule has 2 aromatic carbocycles. The lowest BCUT2D eigenvalue weighted by atomic mass is 10.2. The molecule has 1 unspecified atom stereocenters. The van der Waals surface area contributed by atoms with E-state index in [4.69, 9.17) is 4.74 Å². The van der Waals surface area contributed by atoms with Gasteiger partial charge in [-0.3, -0.25) is 0 Å².